The van der Waals surface area contributed by atoms with Crippen molar-refractivity contribution in [2.24, 2.45) is 14.1 Å². The molecule has 0 amide bonds. The van der Waals surface area contributed by atoms with E-state index in [9.17, 15) is 0 Å². The van der Waals surface area contributed by atoms with Gasteiger partial charge in [0.05, 0.1) is 46.0 Å². The molecule has 4 aromatic heterocycles. The Labute approximate surface area is 443 Å². The highest BCUT2D eigenvalue weighted by Crippen LogP contribution is 2.59. The smallest absolute Gasteiger partial charge is 0.117 e. The molecule has 14 rings (SSSR count). The van der Waals surface area contributed by atoms with Gasteiger partial charge in [-0.3, -0.25) is 19.8 Å². The molecule has 4 heterocycles. The number of pyridine rings is 2. The lowest BCUT2D eigenvalue weighted by Gasteiger charge is -2.35. The number of hydrogen-bond acceptors (Lipinski definition) is 4. The summed E-state index contributed by atoms with van der Waals surface area (Å²) < 4.78 is 4.62. The lowest BCUT2D eigenvalue weighted by molar-refractivity contribution is 0.768. The standard InChI is InChI=1S/C70H52N6/c1-73-65(39-41-67(73)75(55-29-19-43-71-47-55)53-35-37-59-57-31-15-17-33-61(57)69(63(59)45-53,49-21-7-3-8-22-49)50-23-9-4-10-24-50)66-40-42-68(74(66)2)76(56-30-20-44-72-48-56)54-36-38-60-58-32-16-18-34-62(58)70(64(60)46-54,51-25-11-5-12-26-51)52-27-13-6-14-28-52/h3-48H,1-2H3. The molecule has 0 N–H and O–H groups in total. The van der Waals surface area contributed by atoms with E-state index in [2.05, 4.69) is 286 Å². The zero-order chi connectivity index (χ0) is 50.8. The molecule has 0 aliphatic heterocycles. The van der Waals surface area contributed by atoms with Gasteiger partial charge in [-0.05, 0) is 140 Å². The molecule has 2 aliphatic rings. The molecule has 6 heteroatoms. The first kappa shape index (κ1) is 44.9. The van der Waals surface area contributed by atoms with E-state index in [0.29, 0.717) is 0 Å². The van der Waals surface area contributed by atoms with Gasteiger partial charge >= 0.3 is 0 Å². The summed E-state index contributed by atoms with van der Waals surface area (Å²) in [6, 6.07) is 93.2. The van der Waals surface area contributed by atoms with Crippen LogP contribution in [0.25, 0.3) is 33.6 Å². The van der Waals surface area contributed by atoms with E-state index in [1.54, 1.807) is 0 Å². The van der Waals surface area contributed by atoms with Crippen molar-refractivity contribution in [2.75, 3.05) is 9.80 Å². The van der Waals surface area contributed by atoms with Crippen LogP contribution in [-0.4, -0.2) is 19.1 Å². The SMILES string of the molecule is Cn1c(-c2ccc(N(c3cccnc3)c3ccc4c(c3)C(c3ccccc3)(c3ccccc3)c3ccccc3-4)n2C)ccc1N(c1cccnc1)c1ccc2c(c1)C(c1ccccc1)(c1ccccc1)c1ccccc1-2. The van der Waals surface area contributed by atoms with Gasteiger partial charge in [-0.2, -0.15) is 0 Å². The molecular weight excluding hydrogens is 925 g/mol. The molecule has 0 fully saturated rings. The van der Waals surface area contributed by atoms with Crippen LogP contribution in [-0.2, 0) is 24.9 Å². The fourth-order valence-corrected chi connectivity index (χ4v) is 12.9. The average Bonchev–Trinajstić information content (AvgIpc) is 4.43. The van der Waals surface area contributed by atoms with Gasteiger partial charge in [0.25, 0.3) is 0 Å². The summed E-state index contributed by atoms with van der Waals surface area (Å²) in [4.78, 5) is 14.1. The molecule has 0 saturated heterocycles. The van der Waals surface area contributed by atoms with E-state index >= 15 is 0 Å². The van der Waals surface area contributed by atoms with E-state index < -0.39 is 10.8 Å². The van der Waals surface area contributed by atoms with Gasteiger partial charge in [0.15, 0.2) is 0 Å². The zero-order valence-corrected chi connectivity index (χ0v) is 42.2. The van der Waals surface area contributed by atoms with Gasteiger partial charge in [-0.1, -0.05) is 182 Å². The summed E-state index contributed by atoms with van der Waals surface area (Å²) in [6.07, 6.45) is 7.61. The van der Waals surface area contributed by atoms with Crippen molar-refractivity contribution in [1.29, 1.82) is 0 Å². The molecule has 0 unspecified atom stereocenters. The highest BCUT2D eigenvalue weighted by molar-refractivity contribution is 5.91. The number of nitrogens with zero attached hydrogens (tertiary/aromatic N) is 6. The van der Waals surface area contributed by atoms with Crippen LogP contribution < -0.4 is 9.80 Å². The van der Waals surface area contributed by atoms with Crippen LogP contribution in [0.4, 0.5) is 34.4 Å². The van der Waals surface area contributed by atoms with Gasteiger partial charge in [0, 0.05) is 37.9 Å². The summed E-state index contributed by atoms with van der Waals surface area (Å²) in [7, 11) is 4.35. The van der Waals surface area contributed by atoms with E-state index in [1.807, 2.05) is 36.9 Å². The summed E-state index contributed by atoms with van der Waals surface area (Å²) in [6.45, 7) is 0. The Hall–Kier alpha value is -9.78. The molecule has 0 saturated carbocycles. The van der Waals surface area contributed by atoms with Crippen molar-refractivity contribution in [3.05, 3.63) is 324 Å². The lowest BCUT2D eigenvalue weighted by atomic mass is 9.67. The number of aromatic nitrogens is 4. The topological polar surface area (TPSA) is 42.1 Å². The van der Waals surface area contributed by atoms with Crippen molar-refractivity contribution in [2.45, 2.75) is 10.8 Å². The minimum Gasteiger partial charge on any atom is -0.329 e. The van der Waals surface area contributed by atoms with E-state index in [0.717, 1.165) is 45.8 Å². The largest absolute Gasteiger partial charge is 0.329 e. The fraction of sp³-hybridized carbons (Fsp3) is 0.0571. The maximum atomic E-state index is 4.69. The predicted molar refractivity (Wildman–Crippen MR) is 309 cm³/mol. The van der Waals surface area contributed by atoms with Crippen molar-refractivity contribution in [3.63, 3.8) is 0 Å². The molecule has 0 spiro atoms. The van der Waals surface area contributed by atoms with Crippen molar-refractivity contribution < 1.29 is 0 Å². The average molecular weight is 977 g/mol. The maximum Gasteiger partial charge on any atom is 0.117 e. The third kappa shape index (κ3) is 6.67. The first-order valence-corrected chi connectivity index (χ1v) is 26.0. The predicted octanol–water partition coefficient (Wildman–Crippen LogP) is 16.5. The van der Waals surface area contributed by atoms with Crippen LogP contribution in [0.15, 0.2) is 280 Å². The fourth-order valence-electron chi connectivity index (χ4n) is 12.9. The van der Waals surface area contributed by atoms with Crippen molar-refractivity contribution >= 4 is 34.4 Å². The van der Waals surface area contributed by atoms with Crippen LogP contribution in [0.5, 0.6) is 0 Å². The molecule has 12 aromatic rings. The molecule has 0 atom stereocenters. The van der Waals surface area contributed by atoms with Gasteiger partial charge in [-0.15, -0.1) is 0 Å². The number of anilines is 6. The van der Waals surface area contributed by atoms with Gasteiger partial charge in [0.1, 0.15) is 11.6 Å². The normalized spacial score (nSPS) is 13.3. The lowest BCUT2D eigenvalue weighted by Crippen LogP contribution is -2.28. The molecule has 8 aromatic carbocycles. The summed E-state index contributed by atoms with van der Waals surface area (Å²) >= 11 is 0. The highest BCUT2D eigenvalue weighted by atomic mass is 15.3. The second kappa shape index (κ2) is 18.0. The first-order valence-electron chi connectivity index (χ1n) is 26.0. The van der Waals surface area contributed by atoms with Crippen LogP contribution >= 0.6 is 0 Å². The molecule has 0 radical (unpaired) electrons. The minimum absolute atomic E-state index is 0.544. The molecule has 2 aliphatic carbocycles. The van der Waals surface area contributed by atoms with Gasteiger partial charge in [0.2, 0.25) is 0 Å². The number of benzene rings is 8. The quantitative estimate of drug-likeness (QED) is 0.130. The Morgan fingerprint density at radius 1 is 0.303 bits per heavy atom. The maximum absolute atomic E-state index is 4.69. The third-order valence-electron chi connectivity index (χ3n) is 16.1. The third-order valence-corrected chi connectivity index (χ3v) is 16.1. The van der Waals surface area contributed by atoms with Gasteiger partial charge < -0.3 is 9.13 Å². The van der Waals surface area contributed by atoms with Crippen LogP contribution in [0.3, 0.4) is 0 Å². The Bertz CT molecular complexity index is 3730. The summed E-state index contributed by atoms with van der Waals surface area (Å²) in [5.74, 6) is 2.01. The number of hydrogen-bond donors (Lipinski definition) is 0. The Morgan fingerprint density at radius 3 is 1.00 bits per heavy atom. The molecule has 76 heavy (non-hydrogen) atoms. The highest BCUT2D eigenvalue weighted by Gasteiger charge is 2.48. The monoisotopic (exact) mass is 976 g/mol. The van der Waals surface area contributed by atoms with Crippen molar-refractivity contribution in [3.8, 4) is 33.6 Å². The van der Waals surface area contributed by atoms with E-state index in [4.69, 9.17) is 0 Å². The summed E-state index contributed by atoms with van der Waals surface area (Å²) in [5, 5.41) is 0. The zero-order valence-electron chi connectivity index (χ0n) is 42.2. The Morgan fingerprint density at radius 2 is 0.645 bits per heavy atom. The van der Waals surface area contributed by atoms with E-state index in [-0.39, 0.29) is 0 Å². The molecular formula is C70H52N6. The second-order valence-electron chi connectivity index (χ2n) is 19.9. The van der Waals surface area contributed by atoms with Crippen molar-refractivity contribution in [1.82, 2.24) is 19.1 Å². The summed E-state index contributed by atoms with van der Waals surface area (Å²) in [5.41, 5.74) is 20.0. The minimum atomic E-state index is -0.544. The Kier molecular flexibility index (Phi) is 10.6. The van der Waals surface area contributed by atoms with Crippen LogP contribution in [0, 0.1) is 0 Å². The molecule has 0 bridgehead atoms. The van der Waals surface area contributed by atoms with Crippen LogP contribution in [0.1, 0.15) is 44.5 Å². The second-order valence-corrected chi connectivity index (χ2v) is 19.9. The Balaban J connectivity index is 0.912. The number of rotatable bonds is 11. The van der Waals surface area contributed by atoms with Gasteiger partial charge in [-0.25, -0.2) is 0 Å². The van der Waals surface area contributed by atoms with E-state index in [1.165, 1.54) is 66.8 Å². The first-order chi connectivity index (χ1) is 37.6. The van der Waals surface area contributed by atoms with Crippen LogP contribution in [0.2, 0.25) is 0 Å². The molecule has 362 valence electrons. The number of fused-ring (bicyclic) bond motifs is 6. The molecule has 6 nitrogen and oxygen atoms in total.